The van der Waals surface area contributed by atoms with Gasteiger partial charge in [0.15, 0.2) is 5.96 Å². The molecule has 0 saturated carbocycles. The number of nitrogens with one attached hydrogen (secondary N) is 2. The van der Waals surface area contributed by atoms with Crippen LogP contribution in [-0.4, -0.2) is 36.5 Å². The Kier molecular flexibility index (Phi) is 7.80. The maximum Gasteiger partial charge on any atom is 0.387 e. The lowest BCUT2D eigenvalue weighted by atomic mass is 10.1. The van der Waals surface area contributed by atoms with Crippen LogP contribution < -0.4 is 20.1 Å². The van der Waals surface area contributed by atoms with Crippen molar-refractivity contribution in [3.63, 3.8) is 0 Å². The highest BCUT2D eigenvalue weighted by atomic mass is 19.3. The molecule has 0 atom stereocenters. The summed E-state index contributed by atoms with van der Waals surface area (Å²) in [5.74, 6) is 1.03. The maximum atomic E-state index is 12.8. The monoisotopic (exact) mass is 429 g/mol. The SMILES string of the molecule is CN=C(NCc1ccccc1Cn1cccn1)NCc1ccc(OC)cc1OC(F)F. The number of aromatic nitrogens is 2. The Morgan fingerprint density at radius 3 is 2.45 bits per heavy atom. The van der Waals surface area contributed by atoms with E-state index in [9.17, 15) is 8.78 Å². The van der Waals surface area contributed by atoms with Crippen LogP contribution in [0.3, 0.4) is 0 Å². The Bertz CT molecular complexity index is 993. The van der Waals surface area contributed by atoms with Gasteiger partial charge < -0.3 is 20.1 Å². The smallest absolute Gasteiger partial charge is 0.387 e. The fraction of sp³-hybridized carbons (Fsp3) is 0.273. The first kappa shape index (κ1) is 22.1. The first-order valence-electron chi connectivity index (χ1n) is 9.69. The van der Waals surface area contributed by atoms with Crippen LogP contribution >= 0.6 is 0 Å². The molecular formula is C22H25F2N5O2. The van der Waals surface area contributed by atoms with Crippen molar-refractivity contribution in [3.05, 3.63) is 77.6 Å². The average Bonchev–Trinajstić information content (AvgIpc) is 3.28. The molecular weight excluding hydrogens is 404 g/mol. The molecule has 164 valence electrons. The minimum absolute atomic E-state index is 0.0573. The Morgan fingerprint density at radius 2 is 1.81 bits per heavy atom. The van der Waals surface area contributed by atoms with Crippen molar-refractivity contribution in [3.8, 4) is 11.5 Å². The van der Waals surface area contributed by atoms with Gasteiger partial charge in [0.05, 0.1) is 13.7 Å². The van der Waals surface area contributed by atoms with Crippen molar-refractivity contribution in [2.45, 2.75) is 26.2 Å². The van der Waals surface area contributed by atoms with Crippen molar-refractivity contribution >= 4 is 5.96 Å². The summed E-state index contributed by atoms with van der Waals surface area (Å²) < 4.78 is 37.1. The number of aliphatic imine (C=N–C) groups is 1. The number of alkyl halides is 2. The lowest BCUT2D eigenvalue weighted by molar-refractivity contribution is -0.0505. The zero-order chi connectivity index (χ0) is 22.1. The van der Waals surface area contributed by atoms with Gasteiger partial charge >= 0.3 is 6.61 Å². The van der Waals surface area contributed by atoms with Gasteiger partial charge in [0.2, 0.25) is 0 Å². The van der Waals surface area contributed by atoms with Gasteiger partial charge in [-0.1, -0.05) is 24.3 Å². The van der Waals surface area contributed by atoms with Crippen molar-refractivity contribution < 1.29 is 18.3 Å². The Morgan fingerprint density at radius 1 is 1.06 bits per heavy atom. The molecule has 0 unspecified atom stereocenters. The number of benzene rings is 2. The molecule has 0 bridgehead atoms. The normalized spacial score (nSPS) is 11.5. The summed E-state index contributed by atoms with van der Waals surface area (Å²) in [4.78, 5) is 4.21. The van der Waals surface area contributed by atoms with Crippen molar-refractivity contribution in [1.29, 1.82) is 0 Å². The summed E-state index contributed by atoms with van der Waals surface area (Å²) in [7, 11) is 3.12. The molecule has 0 spiro atoms. The van der Waals surface area contributed by atoms with E-state index in [-0.39, 0.29) is 12.3 Å². The highest BCUT2D eigenvalue weighted by Crippen LogP contribution is 2.26. The van der Waals surface area contributed by atoms with E-state index >= 15 is 0 Å². The number of hydrogen-bond acceptors (Lipinski definition) is 4. The lowest BCUT2D eigenvalue weighted by Crippen LogP contribution is -2.36. The van der Waals surface area contributed by atoms with Gasteiger partial charge in [0.1, 0.15) is 11.5 Å². The molecule has 3 rings (SSSR count). The van der Waals surface area contributed by atoms with Crippen molar-refractivity contribution in [2.24, 2.45) is 4.99 Å². The molecule has 0 fully saturated rings. The molecule has 3 aromatic rings. The van der Waals surface area contributed by atoms with Gasteiger partial charge in [0.25, 0.3) is 0 Å². The zero-order valence-corrected chi connectivity index (χ0v) is 17.4. The van der Waals surface area contributed by atoms with Crippen LogP contribution in [0.2, 0.25) is 0 Å². The number of rotatable bonds is 9. The molecule has 0 aliphatic carbocycles. The molecule has 2 aromatic carbocycles. The fourth-order valence-electron chi connectivity index (χ4n) is 3.04. The second-order valence-corrected chi connectivity index (χ2v) is 6.60. The summed E-state index contributed by atoms with van der Waals surface area (Å²) in [6.45, 7) is -1.47. The van der Waals surface area contributed by atoms with Gasteiger partial charge in [-0.05, 0) is 29.3 Å². The predicted octanol–water partition coefficient (Wildman–Crippen LogP) is 3.41. The van der Waals surface area contributed by atoms with E-state index < -0.39 is 6.61 Å². The molecule has 0 radical (unpaired) electrons. The van der Waals surface area contributed by atoms with Crippen LogP contribution in [0.1, 0.15) is 16.7 Å². The Labute approximate surface area is 179 Å². The molecule has 0 saturated heterocycles. The predicted molar refractivity (Wildman–Crippen MR) is 114 cm³/mol. The quantitative estimate of drug-likeness (QED) is 0.403. The van der Waals surface area contributed by atoms with E-state index in [0.29, 0.717) is 30.4 Å². The number of ether oxygens (including phenoxy) is 2. The number of methoxy groups -OCH3 is 1. The van der Waals surface area contributed by atoms with Crippen LogP contribution in [0.5, 0.6) is 11.5 Å². The standard InChI is InChI=1S/C22H25F2N5O2/c1-25-22(27-14-17-8-9-19(30-2)12-20(17)31-21(23)24)26-13-16-6-3-4-7-18(16)15-29-11-5-10-28-29/h3-12,21H,13-15H2,1-2H3,(H2,25,26,27). The molecule has 1 heterocycles. The first-order valence-corrected chi connectivity index (χ1v) is 9.69. The second kappa shape index (κ2) is 11.0. The van der Waals surface area contributed by atoms with Crippen molar-refractivity contribution in [1.82, 2.24) is 20.4 Å². The number of halogens is 2. The minimum Gasteiger partial charge on any atom is -0.497 e. The summed E-state index contributed by atoms with van der Waals surface area (Å²) in [5, 5.41) is 10.6. The number of nitrogens with zero attached hydrogens (tertiary/aromatic N) is 3. The molecule has 0 aliphatic heterocycles. The van der Waals surface area contributed by atoms with E-state index in [1.54, 1.807) is 25.4 Å². The fourth-order valence-corrected chi connectivity index (χ4v) is 3.04. The van der Waals surface area contributed by atoms with E-state index in [2.05, 4.69) is 31.5 Å². The summed E-state index contributed by atoms with van der Waals surface area (Å²) >= 11 is 0. The van der Waals surface area contributed by atoms with Crippen LogP contribution in [0.15, 0.2) is 65.9 Å². The number of guanidine groups is 1. The third-order valence-corrected chi connectivity index (χ3v) is 4.62. The molecule has 7 nitrogen and oxygen atoms in total. The second-order valence-electron chi connectivity index (χ2n) is 6.60. The summed E-state index contributed by atoms with van der Waals surface area (Å²) in [6, 6.07) is 14.8. The number of hydrogen-bond donors (Lipinski definition) is 2. The lowest BCUT2D eigenvalue weighted by Gasteiger charge is -2.16. The Hall–Kier alpha value is -3.62. The highest BCUT2D eigenvalue weighted by molar-refractivity contribution is 5.79. The van der Waals surface area contributed by atoms with Gasteiger partial charge in [0, 0.05) is 44.2 Å². The first-order chi connectivity index (χ1) is 15.1. The largest absolute Gasteiger partial charge is 0.497 e. The highest BCUT2D eigenvalue weighted by Gasteiger charge is 2.12. The van der Waals surface area contributed by atoms with Gasteiger partial charge in [-0.3, -0.25) is 9.67 Å². The average molecular weight is 429 g/mol. The van der Waals surface area contributed by atoms with E-state index in [0.717, 1.165) is 11.1 Å². The summed E-state index contributed by atoms with van der Waals surface area (Å²) in [6.07, 6.45) is 3.66. The third-order valence-electron chi connectivity index (χ3n) is 4.62. The molecule has 2 N–H and O–H groups in total. The zero-order valence-electron chi connectivity index (χ0n) is 17.4. The molecule has 31 heavy (non-hydrogen) atoms. The van der Waals surface area contributed by atoms with Crippen LogP contribution in [0.4, 0.5) is 8.78 Å². The van der Waals surface area contributed by atoms with Gasteiger partial charge in [-0.15, -0.1) is 0 Å². The van der Waals surface area contributed by atoms with Gasteiger partial charge in [-0.25, -0.2) is 0 Å². The molecule has 1 aromatic heterocycles. The molecule has 0 aliphatic rings. The topological polar surface area (TPSA) is 72.7 Å². The maximum absolute atomic E-state index is 12.8. The molecule has 9 heteroatoms. The Balaban J connectivity index is 1.62. The summed E-state index contributed by atoms with van der Waals surface area (Å²) in [5.41, 5.74) is 2.80. The van der Waals surface area contributed by atoms with E-state index in [1.807, 2.05) is 35.1 Å². The van der Waals surface area contributed by atoms with E-state index in [1.165, 1.54) is 13.2 Å². The van der Waals surface area contributed by atoms with Crippen LogP contribution in [0.25, 0.3) is 0 Å². The molecule has 0 amide bonds. The van der Waals surface area contributed by atoms with E-state index in [4.69, 9.17) is 4.74 Å². The minimum atomic E-state index is -2.92. The van der Waals surface area contributed by atoms with Crippen LogP contribution in [-0.2, 0) is 19.6 Å². The van der Waals surface area contributed by atoms with Crippen LogP contribution in [0, 0.1) is 0 Å². The van der Waals surface area contributed by atoms with Gasteiger partial charge in [-0.2, -0.15) is 13.9 Å². The third kappa shape index (κ3) is 6.43. The van der Waals surface area contributed by atoms with Crippen molar-refractivity contribution in [2.75, 3.05) is 14.2 Å².